The zero-order valence-corrected chi connectivity index (χ0v) is 19.0. The van der Waals surface area contributed by atoms with Gasteiger partial charge in [-0.2, -0.15) is 0 Å². The van der Waals surface area contributed by atoms with Crippen molar-refractivity contribution < 1.29 is 29.0 Å². The summed E-state index contributed by atoms with van der Waals surface area (Å²) in [6.45, 7) is 1.87. The Hall–Kier alpha value is -3.39. The SMILES string of the molecule is CCCC(NC(=O)OCC1c2ccccc2-c2ccccc21)C(=O)N(CCOC)CC(=O)O. The molecule has 0 fully saturated rings. The second-order valence-corrected chi connectivity index (χ2v) is 7.96. The predicted molar refractivity (Wildman–Crippen MR) is 123 cm³/mol. The Morgan fingerprint density at radius 1 is 1.06 bits per heavy atom. The molecule has 0 aromatic heterocycles. The van der Waals surface area contributed by atoms with Gasteiger partial charge in [-0.05, 0) is 28.7 Å². The van der Waals surface area contributed by atoms with E-state index in [-0.39, 0.29) is 25.7 Å². The summed E-state index contributed by atoms with van der Waals surface area (Å²) in [6.07, 6.45) is 0.294. The lowest BCUT2D eigenvalue weighted by atomic mass is 9.98. The molecule has 1 aliphatic carbocycles. The number of nitrogens with zero attached hydrogens (tertiary/aromatic N) is 1. The van der Waals surface area contributed by atoms with Crippen LogP contribution in [0.3, 0.4) is 0 Å². The first-order valence-electron chi connectivity index (χ1n) is 11.1. The fourth-order valence-electron chi connectivity index (χ4n) is 4.18. The molecule has 0 saturated carbocycles. The molecular formula is C25H30N2O6. The molecule has 0 bridgehead atoms. The van der Waals surface area contributed by atoms with E-state index >= 15 is 0 Å². The van der Waals surface area contributed by atoms with Gasteiger partial charge in [-0.1, -0.05) is 61.9 Å². The standard InChI is InChI=1S/C25H30N2O6/c1-3-8-22(24(30)27(13-14-32-2)15-23(28)29)26-25(31)33-16-21-19-11-6-4-9-17(19)18-10-5-7-12-20(18)21/h4-7,9-12,21-22H,3,8,13-16H2,1-2H3,(H,26,31)(H,28,29). The fraction of sp³-hybridized carbons (Fsp3) is 0.400. The third kappa shape index (κ3) is 5.90. The number of carbonyl (C=O) groups excluding carboxylic acids is 2. The molecule has 33 heavy (non-hydrogen) atoms. The third-order valence-electron chi connectivity index (χ3n) is 5.71. The molecule has 0 spiro atoms. The summed E-state index contributed by atoms with van der Waals surface area (Å²) in [4.78, 5) is 37.9. The molecule has 1 aliphatic rings. The number of hydrogen-bond acceptors (Lipinski definition) is 5. The number of aliphatic carboxylic acids is 1. The van der Waals surface area contributed by atoms with E-state index in [0.29, 0.717) is 12.8 Å². The summed E-state index contributed by atoms with van der Waals surface area (Å²) in [5.74, 6) is -1.69. The highest BCUT2D eigenvalue weighted by Crippen LogP contribution is 2.44. The van der Waals surface area contributed by atoms with Crippen LogP contribution in [0.4, 0.5) is 4.79 Å². The van der Waals surface area contributed by atoms with E-state index in [9.17, 15) is 14.4 Å². The molecule has 1 atom stereocenters. The topological polar surface area (TPSA) is 105 Å². The minimum atomic E-state index is -1.13. The van der Waals surface area contributed by atoms with Crippen molar-refractivity contribution in [3.63, 3.8) is 0 Å². The quantitative estimate of drug-likeness (QED) is 0.540. The molecule has 1 unspecified atom stereocenters. The number of nitrogens with one attached hydrogen (secondary N) is 1. The smallest absolute Gasteiger partial charge is 0.407 e. The molecule has 0 heterocycles. The molecule has 2 aromatic rings. The number of amides is 2. The van der Waals surface area contributed by atoms with Crippen LogP contribution in [0, 0.1) is 0 Å². The zero-order valence-electron chi connectivity index (χ0n) is 19.0. The average Bonchev–Trinajstić information content (AvgIpc) is 3.13. The average molecular weight is 455 g/mol. The first-order valence-corrected chi connectivity index (χ1v) is 11.1. The number of methoxy groups -OCH3 is 1. The van der Waals surface area contributed by atoms with Crippen LogP contribution >= 0.6 is 0 Å². The van der Waals surface area contributed by atoms with Crippen LogP contribution in [-0.2, 0) is 19.1 Å². The summed E-state index contributed by atoms with van der Waals surface area (Å²) >= 11 is 0. The number of carbonyl (C=O) groups is 3. The van der Waals surface area contributed by atoms with Gasteiger partial charge in [0.05, 0.1) is 6.61 Å². The van der Waals surface area contributed by atoms with Crippen LogP contribution in [0.2, 0.25) is 0 Å². The van der Waals surface area contributed by atoms with Gasteiger partial charge >= 0.3 is 12.1 Å². The van der Waals surface area contributed by atoms with Crippen molar-refractivity contribution in [2.75, 3.05) is 33.4 Å². The lowest BCUT2D eigenvalue weighted by Gasteiger charge is -2.26. The zero-order chi connectivity index (χ0) is 23.8. The van der Waals surface area contributed by atoms with Gasteiger partial charge in [-0.3, -0.25) is 9.59 Å². The minimum absolute atomic E-state index is 0.0892. The molecule has 8 nitrogen and oxygen atoms in total. The summed E-state index contributed by atoms with van der Waals surface area (Å²) < 4.78 is 10.5. The van der Waals surface area contributed by atoms with Crippen molar-refractivity contribution in [2.45, 2.75) is 31.7 Å². The molecular weight excluding hydrogens is 424 g/mol. The third-order valence-corrected chi connectivity index (χ3v) is 5.71. The van der Waals surface area contributed by atoms with Gasteiger partial charge in [-0.15, -0.1) is 0 Å². The van der Waals surface area contributed by atoms with Gasteiger partial charge in [-0.25, -0.2) is 4.79 Å². The molecule has 0 aliphatic heterocycles. The number of carboxylic acids is 1. The lowest BCUT2D eigenvalue weighted by molar-refractivity contribution is -0.145. The van der Waals surface area contributed by atoms with Crippen molar-refractivity contribution in [2.24, 2.45) is 0 Å². The minimum Gasteiger partial charge on any atom is -0.480 e. The number of rotatable bonds is 11. The number of ether oxygens (including phenoxy) is 2. The van der Waals surface area contributed by atoms with Crippen molar-refractivity contribution in [1.82, 2.24) is 10.2 Å². The number of benzene rings is 2. The Bertz CT molecular complexity index is 947. The second kappa shape index (κ2) is 11.5. The van der Waals surface area contributed by atoms with Crippen molar-refractivity contribution in [3.05, 3.63) is 59.7 Å². The molecule has 2 amide bonds. The van der Waals surface area contributed by atoms with Crippen molar-refractivity contribution in [1.29, 1.82) is 0 Å². The van der Waals surface area contributed by atoms with Gasteiger partial charge < -0.3 is 24.8 Å². The number of hydrogen-bond donors (Lipinski definition) is 2. The maximum atomic E-state index is 12.9. The Morgan fingerprint density at radius 2 is 1.67 bits per heavy atom. The molecule has 2 aromatic carbocycles. The van der Waals surface area contributed by atoms with Crippen LogP contribution in [0.5, 0.6) is 0 Å². The van der Waals surface area contributed by atoms with Crippen LogP contribution in [0.15, 0.2) is 48.5 Å². The Balaban J connectivity index is 1.67. The van der Waals surface area contributed by atoms with E-state index < -0.39 is 30.6 Å². The summed E-state index contributed by atoms with van der Waals surface area (Å²) in [5.41, 5.74) is 4.45. The normalized spacial score (nSPS) is 13.0. The number of carboxylic acid groups (broad SMARTS) is 1. The lowest BCUT2D eigenvalue weighted by Crippen LogP contribution is -2.50. The van der Waals surface area contributed by atoms with Crippen molar-refractivity contribution in [3.8, 4) is 11.1 Å². The van der Waals surface area contributed by atoms with Gasteiger partial charge in [0, 0.05) is 19.6 Å². The second-order valence-electron chi connectivity index (χ2n) is 7.96. The van der Waals surface area contributed by atoms with Crippen LogP contribution in [-0.4, -0.2) is 67.4 Å². The maximum Gasteiger partial charge on any atom is 0.407 e. The summed E-state index contributed by atoms with van der Waals surface area (Å²) in [7, 11) is 1.47. The highest BCUT2D eigenvalue weighted by Gasteiger charge is 2.30. The first kappa shape index (κ1) is 24.3. The monoisotopic (exact) mass is 454 g/mol. The fourth-order valence-corrected chi connectivity index (χ4v) is 4.18. The van der Waals surface area contributed by atoms with E-state index in [4.69, 9.17) is 14.6 Å². The molecule has 2 N–H and O–H groups in total. The van der Waals surface area contributed by atoms with E-state index in [1.54, 1.807) is 0 Å². The summed E-state index contributed by atoms with van der Waals surface area (Å²) in [6, 6.07) is 15.2. The van der Waals surface area contributed by atoms with E-state index in [1.807, 2.05) is 43.3 Å². The maximum absolute atomic E-state index is 12.9. The van der Waals surface area contributed by atoms with Crippen LogP contribution < -0.4 is 5.32 Å². The summed E-state index contributed by atoms with van der Waals surface area (Å²) in [5, 5.41) is 11.8. The first-order chi connectivity index (χ1) is 16.0. The molecule has 0 radical (unpaired) electrons. The van der Waals surface area contributed by atoms with Crippen LogP contribution in [0.1, 0.15) is 36.8 Å². The highest BCUT2D eigenvalue weighted by molar-refractivity contribution is 5.88. The number of fused-ring (bicyclic) bond motifs is 3. The predicted octanol–water partition coefficient (Wildman–Crippen LogP) is 3.25. The van der Waals surface area contributed by atoms with E-state index in [2.05, 4.69) is 17.4 Å². The molecule has 176 valence electrons. The van der Waals surface area contributed by atoms with Crippen LogP contribution in [0.25, 0.3) is 11.1 Å². The number of alkyl carbamates (subject to hydrolysis) is 1. The van der Waals surface area contributed by atoms with Gasteiger partial charge in [0.25, 0.3) is 0 Å². The van der Waals surface area contributed by atoms with Crippen molar-refractivity contribution >= 4 is 18.0 Å². The van der Waals surface area contributed by atoms with E-state index in [0.717, 1.165) is 22.3 Å². The molecule has 8 heteroatoms. The Labute approximate surface area is 193 Å². The largest absolute Gasteiger partial charge is 0.480 e. The highest BCUT2D eigenvalue weighted by atomic mass is 16.5. The molecule has 0 saturated heterocycles. The van der Waals surface area contributed by atoms with Gasteiger partial charge in [0.2, 0.25) is 5.91 Å². The van der Waals surface area contributed by atoms with Gasteiger partial charge in [0.15, 0.2) is 0 Å². The Morgan fingerprint density at radius 3 is 2.21 bits per heavy atom. The Kier molecular flexibility index (Phi) is 8.43. The van der Waals surface area contributed by atoms with Gasteiger partial charge in [0.1, 0.15) is 19.2 Å². The van der Waals surface area contributed by atoms with E-state index in [1.165, 1.54) is 12.0 Å². The molecule has 3 rings (SSSR count).